The number of nitrogens with zero attached hydrogens (tertiary/aromatic N) is 3. The molecular formula is C20H24N4O2. The van der Waals surface area contributed by atoms with Gasteiger partial charge in [-0.1, -0.05) is 36.4 Å². The van der Waals surface area contributed by atoms with Crippen LogP contribution in [0.25, 0.3) is 11.1 Å². The summed E-state index contributed by atoms with van der Waals surface area (Å²) in [6.07, 6.45) is 1.62. The zero-order chi connectivity index (χ0) is 18.6. The van der Waals surface area contributed by atoms with Crippen LogP contribution in [0.3, 0.4) is 0 Å². The number of rotatable bonds is 5. The number of aliphatic carboxylic acids is 1. The molecule has 0 radical (unpaired) electrons. The molecular weight excluding hydrogens is 328 g/mol. The van der Waals surface area contributed by atoms with Gasteiger partial charge in [-0.2, -0.15) is 5.10 Å². The number of piperazine rings is 1. The van der Waals surface area contributed by atoms with E-state index in [4.69, 9.17) is 5.84 Å². The number of quaternary nitrogens is 1. The molecule has 1 aliphatic heterocycles. The van der Waals surface area contributed by atoms with E-state index in [1.807, 2.05) is 19.2 Å². The van der Waals surface area contributed by atoms with E-state index >= 15 is 0 Å². The van der Waals surface area contributed by atoms with Gasteiger partial charge >= 0.3 is 0 Å². The smallest absolute Gasteiger partial charge is 0.119 e. The fraction of sp³-hybridized carbons (Fsp3) is 0.300. The van der Waals surface area contributed by atoms with Crippen molar-refractivity contribution in [2.45, 2.75) is 0 Å². The molecule has 2 aromatic carbocycles. The predicted octanol–water partition coefficient (Wildman–Crippen LogP) is 0.663. The fourth-order valence-corrected chi connectivity index (χ4v) is 3.39. The molecule has 6 nitrogen and oxygen atoms in total. The number of likely N-dealkylation sites (N-methyl/N-ethyl adjacent to an activating group) is 1. The van der Waals surface area contributed by atoms with Gasteiger partial charge in [-0.05, 0) is 28.8 Å². The van der Waals surface area contributed by atoms with Gasteiger partial charge in [0.25, 0.3) is 0 Å². The van der Waals surface area contributed by atoms with E-state index in [-0.39, 0.29) is 6.54 Å². The summed E-state index contributed by atoms with van der Waals surface area (Å²) in [6, 6.07) is 16.6. The highest BCUT2D eigenvalue weighted by atomic mass is 16.4. The Kier molecular flexibility index (Phi) is 5.23. The molecule has 1 aliphatic rings. The summed E-state index contributed by atoms with van der Waals surface area (Å²) in [6.45, 7) is 3.38. The van der Waals surface area contributed by atoms with Crippen molar-refractivity contribution in [3.63, 3.8) is 0 Å². The van der Waals surface area contributed by atoms with Crippen LogP contribution in [0.5, 0.6) is 0 Å². The summed E-state index contributed by atoms with van der Waals surface area (Å²) < 4.78 is 0.537. The summed E-state index contributed by atoms with van der Waals surface area (Å²) >= 11 is 0. The average molecular weight is 352 g/mol. The van der Waals surface area contributed by atoms with Crippen molar-refractivity contribution >= 4 is 17.9 Å². The molecule has 0 atom stereocenters. The molecule has 0 spiro atoms. The van der Waals surface area contributed by atoms with Crippen molar-refractivity contribution < 1.29 is 14.4 Å². The molecule has 2 aromatic rings. The zero-order valence-corrected chi connectivity index (χ0v) is 15.0. The number of hydrogen-bond donors (Lipinski definition) is 1. The highest BCUT2D eigenvalue weighted by molar-refractivity contribution is 5.80. The number of nitrogens with two attached hydrogens (primary N) is 1. The number of benzene rings is 2. The molecule has 2 N–H and O–H groups in total. The normalized spacial score (nSPS) is 16.7. The third-order valence-corrected chi connectivity index (χ3v) is 5.03. The molecule has 3 rings (SSSR count). The van der Waals surface area contributed by atoms with Gasteiger partial charge in [-0.25, -0.2) is 0 Å². The van der Waals surface area contributed by atoms with Crippen molar-refractivity contribution in [3.05, 3.63) is 54.1 Å². The van der Waals surface area contributed by atoms with Gasteiger partial charge in [0.2, 0.25) is 0 Å². The first-order valence-corrected chi connectivity index (χ1v) is 8.71. The Morgan fingerprint density at radius 3 is 2.15 bits per heavy atom. The topological polar surface area (TPSA) is 81.8 Å². The SMILES string of the molecule is C[N+]1(CC(=O)[O-])CCN(c2ccc(-c3ccc(C=NN)cc3)cc2)CC1. The minimum absolute atomic E-state index is 0.0810. The first kappa shape index (κ1) is 17.9. The molecule has 136 valence electrons. The Labute approximate surface area is 153 Å². The molecule has 0 unspecified atom stereocenters. The van der Waals surface area contributed by atoms with Gasteiger partial charge in [0.05, 0.1) is 45.4 Å². The number of hydrazone groups is 1. The van der Waals surface area contributed by atoms with Gasteiger partial charge in [-0.15, -0.1) is 0 Å². The van der Waals surface area contributed by atoms with Gasteiger partial charge in [0, 0.05) is 5.69 Å². The van der Waals surface area contributed by atoms with Crippen LogP contribution in [0.4, 0.5) is 5.69 Å². The lowest BCUT2D eigenvalue weighted by Gasteiger charge is -2.43. The Hall–Kier alpha value is -2.86. The maximum Gasteiger partial charge on any atom is 0.119 e. The second-order valence-electron chi connectivity index (χ2n) is 7.03. The van der Waals surface area contributed by atoms with E-state index in [9.17, 15) is 9.90 Å². The molecule has 0 saturated carbocycles. The summed E-state index contributed by atoms with van der Waals surface area (Å²) in [5, 5.41) is 14.4. The Morgan fingerprint density at radius 2 is 1.65 bits per heavy atom. The summed E-state index contributed by atoms with van der Waals surface area (Å²) in [7, 11) is 1.98. The third-order valence-electron chi connectivity index (χ3n) is 5.03. The van der Waals surface area contributed by atoms with Crippen molar-refractivity contribution in [2.75, 3.05) is 44.7 Å². The first-order valence-electron chi connectivity index (χ1n) is 8.71. The lowest BCUT2D eigenvalue weighted by Crippen LogP contribution is -2.60. The third kappa shape index (κ3) is 4.21. The largest absolute Gasteiger partial charge is 0.544 e. The highest BCUT2D eigenvalue weighted by Crippen LogP contribution is 2.25. The molecule has 1 fully saturated rings. The first-order chi connectivity index (χ1) is 12.5. The Bertz CT molecular complexity index is 776. The summed E-state index contributed by atoms with van der Waals surface area (Å²) in [5.74, 6) is 4.19. The fourth-order valence-electron chi connectivity index (χ4n) is 3.39. The molecule has 1 heterocycles. The molecule has 0 bridgehead atoms. The van der Waals surface area contributed by atoms with Crippen LogP contribution < -0.4 is 15.8 Å². The van der Waals surface area contributed by atoms with Crippen molar-refractivity contribution in [1.82, 2.24) is 0 Å². The van der Waals surface area contributed by atoms with E-state index < -0.39 is 5.97 Å². The van der Waals surface area contributed by atoms with E-state index in [0.29, 0.717) is 4.48 Å². The summed E-state index contributed by atoms with van der Waals surface area (Å²) in [5.41, 5.74) is 4.43. The van der Waals surface area contributed by atoms with Crippen LogP contribution in [0.15, 0.2) is 53.6 Å². The second-order valence-corrected chi connectivity index (χ2v) is 7.03. The molecule has 0 aliphatic carbocycles. The lowest BCUT2D eigenvalue weighted by atomic mass is 10.0. The number of hydrogen-bond acceptors (Lipinski definition) is 5. The van der Waals surface area contributed by atoms with E-state index in [1.165, 1.54) is 5.69 Å². The quantitative estimate of drug-likeness (QED) is 0.371. The van der Waals surface area contributed by atoms with Crippen LogP contribution in [-0.4, -0.2) is 56.4 Å². The summed E-state index contributed by atoms with van der Waals surface area (Å²) in [4.78, 5) is 13.2. The van der Waals surface area contributed by atoms with Crippen molar-refractivity contribution in [1.29, 1.82) is 0 Å². The molecule has 0 aromatic heterocycles. The van der Waals surface area contributed by atoms with Crippen LogP contribution in [0.1, 0.15) is 5.56 Å². The van der Waals surface area contributed by atoms with Crippen LogP contribution >= 0.6 is 0 Å². The zero-order valence-electron chi connectivity index (χ0n) is 15.0. The van der Waals surface area contributed by atoms with Gasteiger partial charge in [0.15, 0.2) is 0 Å². The van der Waals surface area contributed by atoms with Crippen LogP contribution in [-0.2, 0) is 4.79 Å². The average Bonchev–Trinajstić information content (AvgIpc) is 2.63. The predicted molar refractivity (Wildman–Crippen MR) is 102 cm³/mol. The second kappa shape index (κ2) is 7.58. The number of carbonyl (C=O) groups excluding carboxylic acids is 1. The van der Waals surface area contributed by atoms with Crippen molar-refractivity contribution in [3.8, 4) is 11.1 Å². The number of carboxylic acids is 1. The number of carbonyl (C=O) groups is 1. The van der Waals surface area contributed by atoms with Crippen LogP contribution in [0.2, 0.25) is 0 Å². The van der Waals surface area contributed by atoms with Gasteiger partial charge < -0.3 is 25.1 Å². The Morgan fingerprint density at radius 1 is 1.12 bits per heavy atom. The van der Waals surface area contributed by atoms with E-state index in [2.05, 4.69) is 46.4 Å². The maximum absolute atomic E-state index is 10.9. The van der Waals surface area contributed by atoms with Crippen LogP contribution in [0, 0.1) is 0 Å². The number of carboxylic acid groups (broad SMARTS) is 1. The standard InChI is InChI=1S/C20H24N4O2/c1-24(15-20(25)26)12-10-23(11-13-24)19-8-6-18(7-9-19)17-4-2-16(3-5-17)14-22-21/h2-9,14H,10-13,15,21H2,1H3. The van der Waals surface area contributed by atoms with Crippen molar-refractivity contribution in [2.24, 2.45) is 10.9 Å². The van der Waals surface area contributed by atoms with Gasteiger partial charge in [0.1, 0.15) is 6.54 Å². The maximum atomic E-state index is 10.9. The van der Waals surface area contributed by atoms with Gasteiger partial charge in [-0.3, -0.25) is 0 Å². The molecule has 1 saturated heterocycles. The minimum Gasteiger partial charge on any atom is -0.544 e. The monoisotopic (exact) mass is 352 g/mol. The number of anilines is 1. The highest BCUT2D eigenvalue weighted by Gasteiger charge is 2.28. The Balaban J connectivity index is 1.66. The molecule has 6 heteroatoms. The molecule has 0 amide bonds. The van der Waals surface area contributed by atoms with E-state index in [0.717, 1.165) is 42.9 Å². The minimum atomic E-state index is -0.978. The van der Waals surface area contributed by atoms with E-state index in [1.54, 1.807) is 6.21 Å². The lowest BCUT2D eigenvalue weighted by molar-refractivity contribution is -0.904. The molecule has 26 heavy (non-hydrogen) atoms.